The molecule has 2 rings (SSSR count). The molecule has 1 fully saturated rings. The summed E-state index contributed by atoms with van der Waals surface area (Å²) in [5.41, 5.74) is 1.47. The maximum Gasteiger partial charge on any atom is 0.220 e. The number of piperidine rings is 1. The van der Waals surface area contributed by atoms with Crippen LogP contribution in [-0.2, 0) is 4.79 Å². The average Bonchev–Trinajstić information content (AvgIpc) is 2.04. The van der Waals surface area contributed by atoms with E-state index in [4.69, 9.17) is 0 Å². The monoisotopic (exact) mass is 151 g/mol. The molecule has 1 saturated heterocycles. The van der Waals surface area contributed by atoms with Crippen LogP contribution in [0.5, 0.6) is 0 Å². The van der Waals surface area contributed by atoms with Crippen molar-refractivity contribution in [3.8, 4) is 0 Å². The third kappa shape index (κ3) is 1.30. The number of carbonyl (C=O) groups is 1. The van der Waals surface area contributed by atoms with Crippen molar-refractivity contribution < 1.29 is 4.79 Å². The Morgan fingerprint density at radius 2 is 2.45 bits per heavy atom. The average molecular weight is 151 g/mol. The Balaban J connectivity index is 2.12. The van der Waals surface area contributed by atoms with E-state index in [1.165, 1.54) is 24.8 Å². The number of carbonyl (C=O) groups excluding carboxylic acids is 1. The van der Waals surface area contributed by atoms with Gasteiger partial charge in [-0.3, -0.25) is 4.79 Å². The molecule has 2 heteroatoms. The highest BCUT2D eigenvalue weighted by molar-refractivity contribution is 5.78. The minimum atomic E-state index is 0.231. The molecular weight excluding hydrogens is 138 g/mol. The third-order valence-electron chi connectivity index (χ3n) is 2.61. The lowest BCUT2D eigenvalue weighted by Gasteiger charge is -2.28. The van der Waals surface area contributed by atoms with E-state index in [1.54, 1.807) is 0 Å². The van der Waals surface area contributed by atoms with Gasteiger partial charge in [-0.1, -0.05) is 11.6 Å². The first-order chi connectivity index (χ1) is 5.36. The second-order valence-electron chi connectivity index (χ2n) is 3.39. The molecule has 0 aromatic heterocycles. The van der Waals surface area contributed by atoms with Gasteiger partial charge in [0.15, 0.2) is 0 Å². The van der Waals surface area contributed by atoms with E-state index in [0.717, 1.165) is 13.0 Å². The molecule has 2 aliphatic rings. The van der Waals surface area contributed by atoms with Gasteiger partial charge in [-0.2, -0.15) is 0 Å². The van der Waals surface area contributed by atoms with Crippen molar-refractivity contribution in [3.63, 3.8) is 0 Å². The van der Waals surface area contributed by atoms with E-state index in [2.05, 4.69) is 11.4 Å². The molecule has 0 bridgehead atoms. The molecule has 1 atom stereocenters. The Morgan fingerprint density at radius 1 is 1.55 bits per heavy atom. The summed E-state index contributed by atoms with van der Waals surface area (Å²) < 4.78 is 0. The van der Waals surface area contributed by atoms with E-state index in [-0.39, 0.29) is 5.91 Å². The summed E-state index contributed by atoms with van der Waals surface area (Å²) in [5, 5.41) is 2.87. The summed E-state index contributed by atoms with van der Waals surface area (Å²) in [6.07, 6.45) is 6.72. The van der Waals surface area contributed by atoms with Gasteiger partial charge in [-0.05, 0) is 25.2 Å². The van der Waals surface area contributed by atoms with Gasteiger partial charge in [0.1, 0.15) is 0 Å². The molecule has 1 aliphatic heterocycles. The van der Waals surface area contributed by atoms with Gasteiger partial charge < -0.3 is 5.32 Å². The standard InChI is InChI=1S/C9H13NO/c11-9-5-7-3-1-2-4-8(7)6-10-9/h4,7H,1-3,5-6H2,(H,10,11). The van der Waals surface area contributed by atoms with E-state index in [9.17, 15) is 4.79 Å². The van der Waals surface area contributed by atoms with E-state index < -0.39 is 0 Å². The topological polar surface area (TPSA) is 29.1 Å². The maximum atomic E-state index is 11.0. The van der Waals surface area contributed by atoms with Crippen molar-refractivity contribution in [1.82, 2.24) is 5.32 Å². The molecule has 0 aromatic carbocycles. The quantitative estimate of drug-likeness (QED) is 0.518. The fourth-order valence-electron chi connectivity index (χ4n) is 1.95. The highest BCUT2D eigenvalue weighted by Gasteiger charge is 2.24. The smallest absolute Gasteiger partial charge is 0.220 e. The number of fused-ring (bicyclic) bond motifs is 1. The minimum absolute atomic E-state index is 0.231. The minimum Gasteiger partial charge on any atom is -0.352 e. The molecule has 0 radical (unpaired) electrons. The molecule has 1 unspecified atom stereocenters. The van der Waals surface area contributed by atoms with Gasteiger partial charge in [-0.15, -0.1) is 0 Å². The molecule has 0 spiro atoms. The van der Waals surface area contributed by atoms with Gasteiger partial charge in [0.25, 0.3) is 0 Å². The van der Waals surface area contributed by atoms with Crippen molar-refractivity contribution >= 4 is 5.91 Å². The Bertz CT molecular complexity index is 208. The van der Waals surface area contributed by atoms with Gasteiger partial charge in [0.2, 0.25) is 5.91 Å². The van der Waals surface area contributed by atoms with Crippen LogP contribution in [0, 0.1) is 5.92 Å². The van der Waals surface area contributed by atoms with Crippen LogP contribution in [0.15, 0.2) is 11.6 Å². The number of hydrogen-bond acceptors (Lipinski definition) is 1. The molecule has 0 saturated carbocycles. The summed E-state index contributed by atoms with van der Waals surface area (Å²) in [6.45, 7) is 0.809. The molecule has 60 valence electrons. The first kappa shape index (κ1) is 6.89. The van der Waals surface area contributed by atoms with Crippen LogP contribution in [0.25, 0.3) is 0 Å². The van der Waals surface area contributed by atoms with Crippen molar-refractivity contribution in [1.29, 1.82) is 0 Å². The highest BCUT2D eigenvalue weighted by Crippen LogP contribution is 2.29. The molecular formula is C9H13NO. The Kier molecular flexibility index (Phi) is 1.68. The SMILES string of the molecule is O=C1CC2CCCC=C2CN1. The predicted octanol–water partition coefficient (Wildman–Crippen LogP) is 1.23. The molecule has 2 nitrogen and oxygen atoms in total. The largest absolute Gasteiger partial charge is 0.352 e. The highest BCUT2D eigenvalue weighted by atomic mass is 16.1. The summed E-state index contributed by atoms with van der Waals surface area (Å²) in [5.74, 6) is 0.812. The maximum absolute atomic E-state index is 11.0. The number of hydrogen-bond donors (Lipinski definition) is 1. The third-order valence-corrected chi connectivity index (χ3v) is 2.61. The fourth-order valence-corrected chi connectivity index (χ4v) is 1.95. The van der Waals surface area contributed by atoms with Crippen LogP contribution < -0.4 is 5.32 Å². The number of allylic oxidation sites excluding steroid dienone is 1. The number of nitrogens with one attached hydrogen (secondary N) is 1. The molecule has 1 N–H and O–H groups in total. The molecule has 0 aromatic rings. The van der Waals surface area contributed by atoms with Crippen LogP contribution in [0.1, 0.15) is 25.7 Å². The second-order valence-corrected chi connectivity index (χ2v) is 3.39. The molecule has 1 amide bonds. The van der Waals surface area contributed by atoms with Crippen molar-refractivity contribution in [2.45, 2.75) is 25.7 Å². The van der Waals surface area contributed by atoms with Gasteiger partial charge >= 0.3 is 0 Å². The van der Waals surface area contributed by atoms with E-state index >= 15 is 0 Å². The van der Waals surface area contributed by atoms with Crippen LogP contribution in [-0.4, -0.2) is 12.5 Å². The molecule has 1 heterocycles. The Labute approximate surface area is 66.7 Å². The van der Waals surface area contributed by atoms with Gasteiger partial charge in [0.05, 0.1) is 0 Å². The van der Waals surface area contributed by atoms with E-state index in [0.29, 0.717) is 5.92 Å². The van der Waals surface area contributed by atoms with Crippen LogP contribution in [0.4, 0.5) is 0 Å². The lowest BCUT2D eigenvalue weighted by Crippen LogP contribution is -2.36. The predicted molar refractivity (Wildman–Crippen MR) is 43.1 cm³/mol. The number of amides is 1. The zero-order chi connectivity index (χ0) is 7.68. The first-order valence-electron chi connectivity index (χ1n) is 4.32. The van der Waals surface area contributed by atoms with Crippen LogP contribution >= 0.6 is 0 Å². The molecule has 1 aliphatic carbocycles. The van der Waals surface area contributed by atoms with Crippen molar-refractivity contribution in [2.24, 2.45) is 5.92 Å². The first-order valence-corrected chi connectivity index (χ1v) is 4.32. The van der Waals surface area contributed by atoms with Crippen molar-refractivity contribution in [2.75, 3.05) is 6.54 Å². The molecule has 11 heavy (non-hydrogen) atoms. The van der Waals surface area contributed by atoms with Crippen molar-refractivity contribution in [3.05, 3.63) is 11.6 Å². The normalized spacial score (nSPS) is 30.4. The summed E-state index contributed by atoms with van der Waals surface area (Å²) in [7, 11) is 0. The second kappa shape index (κ2) is 2.68. The summed E-state index contributed by atoms with van der Waals surface area (Å²) in [6, 6.07) is 0. The zero-order valence-electron chi connectivity index (χ0n) is 6.60. The summed E-state index contributed by atoms with van der Waals surface area (Å²) in [4.78, 5) is 11.0. The Hall–Kier alpha value is -0.790. The lowest BCUT2D eigenvalue weighted by molar-refractivity contribution is -0.122. The number of rotatable bonds is 0. The summed E-state index contributed by atoms with van der Waals surface area (Å²) >= 11 is 0. The van der Waals surface area contributed by atoms with Crippen LogP contribution in [0.2, 0.25) is 0 Å². The van der Waals surface area contributed by atoms with Gasteiger partial charge in [-0.25, -0.2) is 0 Å². The van der Waals surface area contributed by atoms with E-state index in [1.807, 2.05) is 0 Å². The lowest BCUT2D eigenvalue weighted by atomic mass is 9.83. The fraction of sp³-hybridized carbons (Fsp3) is 0.667. The zero-order valence-corrected chi connectivity index (χ0v) is 6.60. The van der Waals surface area contributed by atoms with Gasteiger partial charge in [0, 0.05) is 13.0 Å². The Morgan fingerprint density at radius 3 is 3.36 bits per heavy atom. The van der Waals surface area contributed by atoms with Crippen LogP contribution in [0.3, 0.4) is 0 Å².